The highest BCUT2D eigenvalue weighted by molar-refractivity contribution is 9.10. The van der Waals surface area contributed by atoms with Crippen LogP contribution < -0.4 is 5.56 Å². The highest BCUT2D eigenvalue weighted by atomic mass is 79.9. The zero-order chi connectivity index (χ0) is 14.5. The van der Waals surface area contributed by atoms with Gasteiger partial charge >= 0.3 is 0 Å². The third-order valence-corrected chi connectivity index (χ3v) is 5.52. The molecule has 2 aromatic rings. The molecule has 0 amide bonds. The molecule has 1 aromatic heterocycles. The second kappa shape index (κ2) is 7.43. The fourth-order valence-corrected chi connectivity index (χ4v) is 3.56. The minimum atomic E-state index is -0.105. The zero-order valence-electron chi connectivity index (χ0n) is 11.0. The maximum Gasteiger partial charge on any atom is 0.265 e. The van der Waals surface area contributed by atoms with Crippen molar-refractivity contribution in [1.29, 1.82) is 0 Å². The minimum Gasteiger partial charge on any atom is -0.309 e. The number of rotatable bonds is 5. The third kappa shape index (κ3) is 3.96. The van der Waals surface area contributed by atoms with Gasteiger partial charge in [-0.15, -0.1) is 11.8 Å². The molecular weight excluding hydrogens is 404 g/mol. The summed E-state index contributed by atoms with van der Waals surface area (Å²) in [7, 11) is 0. The Morgan fingerprint density at radius 1 is 1.30 bits per heavy atom. The van der Waals surface area contributed by atoms with Crippen molar-refractivity contribution in [3.05, 3.63) is 55.1 Å². The second-order valence-electron chi connectivity index (χ2n) is 4.24. The Labute approximate surface area is 138 Å². The average Bonchev–Trinajstić information content (AvgIpc) is 2.43. The highest BCUT2D eigenvalue weighted by Gasteiger charge is 2.09. The molecule has 0 aliphatic rings. The van der Waals surface area contributed by atoms with E-state index in [1.807, 2.05) is 24.3 Å². The molecule has 1 heterocycles. The number of aromatic amines is 1. The Morgan fingerprint density at radius 3 is 2.75 bits per heavy atom. The van der Waals surface area contributed by atoms with Gasteiger partial charge in [-0.1, -0.05) is 25.5 Å². The number of hydrogen-bond donors (Lipinski definition) is 1. The number of hydrogen-bond acceptors (Lipinski definition) is 3. The van der Waals surface area contributed by atoms with Gasteiger partial charge in [0.2, 0.25) is 0 Å². The van der Waals surface area contributed by atoms with E-state index >= 15 is 0 Å². The first-order valence-corrected chi connectivity index (χ1v) is 8.84. The van der Waals surface area contributed by atoms with Gasteiger partial charge in [-0.05, 0) is 50.4 Å². The molecule has 0 bridgehead atoms. The molecule has 0 spiro atoms. The van der Waals surface area contributed by atoms with E-state index in [0.717, 1.165) is 27.9 Å². The number of thioether (sulfide) groups is 1. The van der Waals surface area contributed by atoms with Crippen molar-refractivity contribution in [3.63, 3.8) is 0 Å². The van der Waals surface area contributed by atoms with E-state index in [9.17, 15) is 4.79 Å². The number of nitrogens with zero attached hydrogens (tertiary/aromatic N) is 1. The number of benzene rings is 1. The number of aromatic nitrogens is 2. The maximum absolute atomic E-state index is 11.9. The first-order valence-electron chi connectivity index (χ1n) is 6.26. The molecule has 0 atom stereocenters. The van der Waals surface area contributed by atoms with E-state index in [1.54, 1.807) is 11.8 Å². The maximum atomic E-state index is 11.9. The molecule has 20 heavy (non-hydrogen) atoms. The number of aryl methyl sites for hydroxylation is 1. The Hall–Kier alpha value is -0.590. The summed E-state index contributed by atoms with van der Waals surface area (Å²) >= 11 is 8.46. The van der Waals surface area contributed by atoms with E-state index in [1.165, 1.54) is 0 Å². The summed E-state index contributed by atoms with van der Waals surface area (Å²) < 4.78 is 1.60. The van der Waals surface area contributed by atoms with Crippen LogP contribution in [0.3, 0.4) is 0 Å². The van der Waals surface area contributed by atoms with Crippen LogP contribution in [0.15, 0.2) is 42.9 Å². The van der Waals surface area contributed by atoms with Gasteiger partial charge in [0.1, 0.15) is 10.3 Å². The zero-order valence-corrected chi connectivity index (χ0v) is 14.9. The summed E-state index contributed by atoms with van der Waals surface area (Å²) in [4.78, 5) is 20.3. The molecule has 0 aliphatic heterocycles. The van der Waals surface area contributed by atoms with Crippen LogP contribution in [0.5, 0.6) is 0 Å². The lowest BCUT2D eigenvalue weighted by Gasteiger charge is -2.07. The van der Waals surface area contributed by atoms with Crippen LogP contribution in [0.4, 0.5) is 0 Å². The molecule has 1 N–H and O–H groups in total. The van der Waals surface area contributed by atoms with Gasteiger partial charge in [-0.25, -0.2) is 4.98 Å². The van der Waals surface area contributed by atoms with Gasteiger partial charge < -0.3 is 4.98 Å². The molecule has 3 nitrogen and oxygen atoms in total. The fourth-order valence-electron chi connectivity index (χ4n) is 1.74. The molecule has 0 aliphatic carbocycles. The first kappa shape index (κ1) is 15.8. The van der Waals surface area contributed by atoms with Crippen LogP contribution in [0.25, 0.3) is 0 Å². The molecule has 0 unspecified atom stereocenters. The monoisotopic (exact) mass is 416 g/mol. The lowest BCUT2D eigenvalue weighted by Crippen LogP contribution is -2.15. The lowest BCUT2D eigenvalue weighted by atomic mass is 10.2. The average molecular weight is 418 g/mol. The van der Waals surface area contributed by atoms with Gasteiger partial charge in [0.25, 0.3) is 5.56 Å². The van der Waals surface area contributed by atoms with E-state index in [-0.39, 0.29) is 5.56 Å². The predicted octanol–water partition coefficient (Wildman–Crippen LogP) is 4.54. The Bertz CT molecular complexity index is 658. The molecular formula is C14H14Br2N2OS. The third-order valence-electron chi connectivity index (χ3n) is 2.67. The number of halogens is 2. The Morgan fingerprint density at radius 2 is 2.05 bits per heavy atom. The van der Waals surface area contributed by atoms with Gasteiger partial charge in [-0.2, -0.15) is 0 Å². The van der Waals surface area contributed by atoms with Crippen molar-refractivity contribution in [2.75, 3.05) is 0 Å². The van der Waals surface area contributed by atoms with E-state index in [4.69, 9.17) is 0 Å². The van der Waals surface area contributed by atoms with Crippen LogP contribution in [0, 0.1) is 0 Å². The van der Waals surface area contributed by atoms with Crippen molar-refractivity contribution in [2.24, 2.45) is 0 Å². The normalized spacial score (nSPS) is 10.8. The highest BCUT2D eigenvalue weighted by Crippen LogP contribution is 2.29. The van der Waals surface area contributed by atoms with Gasteiger partial charge in [-0.3, -0.25) is 4.79 Å². The van der Waals surface area contributed by atoms with Crippen molar-refractivity contribution < 1.29 is 0 Å². The quantitative estimate of drug-likeness (QED) is 0.726. The molecule has 0 radical (unpaired) electrons. The summed E-state index contributed by atoms with van der Waals surface area (Å²) in [6, 6.07) is 8.02. The van der Waals surface area contributed by atoms with Crippen LogP contribution in [-0.2, 0) is 12.2 Å². The summed E-state index contributed by atoms with van der Waals surface area (Å²) in [5.41, 5.74) is 0.727. The lowest BCUT2D eigenvalue weighted by molar-refractivity contribution is 0.835. The summed E-state index contributed by atoms with van der Waals surface area (Å²) in [5.74, 6) is 1.35. The van der Waals surface area contributed by atoms with Crippen LogP contribution in [0.1, 0.15) is 24.9 Å². The largest absolute Gasteiger partial charge is 0.309 e. The number of H-pyrrole nitrogens is 1. The van der Waals surface area contributed by atoms with Crippen molar-refractivity contribution in [2.45, 2.75) is 30.4 Å². The van der Waals surface area contributed by atoms with Crippen LogP contribution in [0.2, 0.25) is 0 Å². The SMILES string of the molecule is CCCc1nc(CSc2ccccc2Br)[nH]c(=O)c1Br. The molecule has 2 rings (SSSR count). The molecule has 0 saturated carbocycles. The van der Waals surface area contributed by atoms with Crippen molar-refractivity contribution in [3.8, 4) is 0 Å². The van der Waals surface area contributed by atoms with Crippen LogP contribution in [-0.4, -0.2) is 9.97 Å². The number of nitrogens with one attached hydrogen (secondary N) is 1. The van der Waals surface area contributed by atoms with Crippen molar-refractivity contribution >= 4 is 43.6 Å². The summed E-state index contributed by atoms with van der Waals surface area (Å²) in [6.45, 7) is 2.07. The van der Waals surface area contributed by atoms with E-state index < -0.39 is 0 Å². The second-order valence-corrected chi connectivity index (χ2v) is 6.91. The topological polar surface area (TPSA) is 45.8 Å². The summed E-state index contributed by atoms with van der Waals surface area (Å²) in [6.07, 6.45) is 1.77. The minimum absolute atomic E-state index is 0.105. The predicted molar refractivity (Wildman–Crippen MR) is 90.3 cm³/mol. The smallest absolute Gasteiger partial charge is 0.265 e. The van der Waals surface area contributed by atoms with E-state index in [2.05, 4.69) is 48.8 Å². The van der Waals surface area contributed by atoms with Gasteiger partial charge in [0, 0.05) is 9.37 Å². The van der Waals surface area contributed by atoms with Gasteiger partial charge in [0.05, 0.1) is 11.4 Å². The molecule has 6 heteroatoms. The van der Waals surface area contributed by atoms with Gasteiger partial charge in [0.15, 0.2) is 0 Å². The first-order chi connectivity index (χ1) is 9.61. The molecule has 0 saturated heterocycles. The Kier molecular flexibility index (Phi) is 5.86. The summed E-state index contributed by atoms with van der Waals surface area (Å²) in [5, 5.41) is 0. The Balaban J connectivity index is 2.18. The van der Waals surface area contributed by atoms with Crippen LogP contribution >= 0.6 is 43.6 Å². The molecule has 0 fully saturated rings. The standard InChI is InChI=1S/C14H14Br2N2OS/c1-2-5-10-13(16)14(19)18-12(17-10)8-20-11-7-4-3-6-9(11)15/h3-4,6-7H,2,5,8H2,1H3,(H,17,18,19). The molecule has 1 aromatic carbocycles. The van der Waals surface area contributed by atoms with E-state index in [0.29, 0.717) is 16.0 Å². The van der Waals surface area contributed by atoms with Crippen molar-refractivity contribution in [1.82, 2.24) is 9.97 Å². The fraction of sp³-hybridized carbons (Fsp3) is 0.286. The molecule has 106 valence electrons.